The monoisotopic (exact) mass is 1150 g/mol. The molecule has 420 valence electrons. The summed E-state index contributed by atoms with van der Waals surface area (Å²) in [5.74, 6) is 0.908. The van der Waals surface area contributed by atoms with Gasteiger partial charge in [0.2, 0.25) is 0 Å². The Morgan fingerprint density at radius 3 is 0.770 bits per heavy atom. The molecular formula is C68H112Br2N2O2. The average Bonchev–Trinajstić information content (AvgIpc) is 3.81. The van der Waals surface area contributed by atoms with Crippen LogP contribution in [0.1, 0.15) is 321 Å². The van der Waals surface area contributed by atoms with Crippen LogP contribution >= 0.6 is 31.9 Å². The van der Waals surface area contributed by atoms with Crippen LogP contribution in [0.2, 0.25) is 0 Å². The summed E-state index contributed by atoms with van der Waals surface area (Å²) < 4.78 is 1.96. The summed E-state index contributed by atoms with van der Waals surface area (Å²) in [6.07, 6.45) is 58.2. The van der Waals surface area contributed by atoms with E-state index in [0.717, 1.165) is 70.2 Å². The number of unbranched alkanes of at least 4 members (excludes halogenated alkanes) is 36. The molecule has 4 rings (SSSR count). The zero-order chi connectivity index (χ0) is 52.9. The number of halogens is 2. The lowest BCUT2D eigenvalue weighted by Crippen LogP contribution is -2.34. The molecule has 2 aliphatic rings. The van der Waals surface area contributed by atoms with E-state index in [-0.39, 0.29) is 11.8 Å². The van der Waals surface area contributed by atoms with Gasteiger partial charge in [0, 0.05) is 33.2 Å². The Bertz CT molecular complexity index is 1640. The lowest BCUT2D eigenvalue weighted by molar-refractivity contribution is -0.114. The normalized spacial score (nSPS) is 14.5. The van der Waals surface area contributed by atoms with Gasteiger partial charge >= 0.3 is 0 Å². The molecule has 0 N–H and O–H groups in total. The first kappa shape index (κ1) is 64.6. The maximum absolute atomic E-state index is 15.3. The molecule has 0 fully saturated rings. The van der Waals surface area contributed by atoms with Crippen LogP contribution in [-0.2, 0) is 9.59 Å². The first-order valence-electron chi connectivity index (χ1n) is 32.3. The van der Waals surface area contributed by atoms with Crippen molar-refractivity contribution in [3.05, 3.63) is 56.5 Å². The molecule has 2 heterocycles. The van der Waals surface area contributed by atoms with Crippen LogP contribution in [0.3, 0.4) is 0 Å². The predicted octanol–water partition coefficient (Wildman–Crippen LogP) is 23.3. The Labute approximate surface area is 474 Å². The summed E-state index contributed by atoms with van der Waals surface area (Å²) in [5.41, 5.74) is 4.99. The van der Waals surface area contributed by atoms with Gasteiger partial charge in [0.05, 0.1) is 22.5 Å². The van der Waals surface area contributed by atoms with Gasteiger partial charge in [-0.1, -0.05) is 329 Å². The molecule has 4 nitrogen and oxygen atoms in total. The number of nitrogens with zero attached hydrogens (tertiary/aromatic N) is 2. The van der Waals surface area contributed by atoms with Crippen molar-refractivity contribution in [2.75, 3.05) is 22.9 Å². The Hall–Kier alpha value is -1.92. The lowest BCUT2D eigenvalue weighted by atomic mass is 9.93. The first-order valence-corrected chi connectivity index (χ1v) is 33.9. The van der Waals surface area contributed by atoms with E-state index in [1.807, 2.05) is 0 Å². The maximum atomic E-state index is 15.3. The summed E-state index contributed by atoms with van der Waals surface area (Å²) in [5, 5.41) is 0. The summed E-state index contributed by atoms with van der Waals surface area (Å²) in [6.45, 7) is 10.6. The number of hydrogen-bond acceptors (Lipinski definition) is 2. The van der Waals surface area contributed by atoms with Gasteiger partial charge < -0.3 is 9.80 Å². The Morgan fingerprint density at radius 1 is 0.324 bits per heavy atom. The van der Waals surface area contributed by atoms with E-state index in [1.165, 1.54) is 257 Å². The van der Waals surface area contributed by atoms with E-state index in [4.69, 9.17) is 0 Å². The number of fused-ring (bicyclic) bond motifs is 2. The number of carbonyl (C=O) groups is 2. The van der Waals surface area contributed by atoms with E-state index < -0.39 is 0 Å². The molecule has 0 unspecified atom stereocenters. The van der Waals surface area contributed by atoms with Crippen molar-refractivity contribution in [3.8, 4) is 0 Å². The highest BCUT2D eigenvalue weighted by Gasteiger charge is 2.43. The highest BCUT2D eigenvalue weighted by Crippen LogP contribution is 2.49. The molecule has 0 spiro atoms. The third-order valence-electron chi connectivity index (χ3n) is 17.0. The zero-order valence-electron chi connectivity index (χ0n) is 48.6. The molecule has 0 saturated carbocycles. The van der Waals surface area contributed by atoms with Crippen molar-refractivity contribution in [3.63, 3.8) is 0 Å². The second kappa shape index (κ2) is 41.2. The minimum Gasteiger partial charge on any atom is -0.307 e. The van der Waals surface area contributed by atoms with Crippen LogP contribution in [0.25, 0.3) is 11.1 Å². The number of rotatable bonds is 48. The minimum absolute atomic E-state index is 0.0144. The predicted molar refractivity (Wildman–Crippen MR) is 333 cm³/mol. The van der Waals surface area contributed by atoms with E-state index in [1.54, 1.807) is 0 Å². The standard InChI is InChI=1S/C68H112Br2N2O2/c1-5-9-13-17-21-25-29-33-37-41-45-57(46-42-38-34-30-26-22-18-14-10-6-2)55-71-63-53-59(69)49-51-61(63)65(67(71)73)66-62-52-50-60(70)54-64(62)72(68(66)74)56-58(47-43-39-35-31-27-23-19-15-11-7-3)48-44-40-36-32-28-24-20-16-12-8-4/h49-54,57-58H,5-48,55-56H2,1-4H3/b66-65-. The van der Waals surface area contributed by atoms with E-state index in [0.29, 0.717) is 23.0 Å². The number of amides is 2. The van der Waals surface area contributed by atoms with Crippen molar-refractivity contribution >= 4 is 66.2 Å². The molecule has 2 aromatic rings. The van der Waals surface area contributed by atoms with Gasteiger partial charge in [-0.2, -0.15) is 0 Å². The third kappa shape index (κ3) is 24.8. The van der Waals surface area contributed by atoms with Gasteiger partial charge in [0.25, 0.3) is 11.8 Å². The van der Waals surface area contributed by atoms with Gasteiger partial charge in [0.15, 0.2) is 0 Å². The molecule has 0 atom stereocenters. The fourth-order valence-corrected chi connectivity index (χ4v) is 13.0. The molecule has 0 aromatic heterocycles. The van der Waals surface area contributed by atoms with Crippen molar-refractivity contribution < 1.29 is 9.59 Å². The summed E-state index contributed by atoms with van der Waals surface area (Å²) in [7, 11) is 0. The molecule has 2 aliphatic heterocycles. The number of benzene rings is 2. The fraction of sp³-hybridized carbons (Fsp3) is 0.765. The van der Waals surface area contributed by atoms with E-state index >= 15 is 9.59 Å². The molecule has 2 aromatic carbocycles. The van der Waals surface area contributed by atoms with Crippen LogP contribution in [0.5, 0.6) is 0 Å². The van der Waals surface area contributed by atoms with Crippen molar-refractivity contribution in [1.29, 1.82) is 0 Å². The zero-order valence-corrected chi connectivity index (χ0v) is 51.8. The van der Waals surface area contributed by atoms with Crippen molar-refractivity contribution in [2.24, 2.45) is 11.8 Å². The Balaban J connectivity index is 1.50. The second-order valence-corrected chi connectivity index (χ2v) is 25.4. The Morgan fingerprint density at radius 2 is 0.541 bits per heavy atom. The number of carbonyl (C=O) groups excluding carboxylic acids is 2. The van der Waals surface area contributed by atoms with Crippen LogP contribution in [0.15, 0.2) is 45.3 Å². The van der Waals surface area contributed by atoms with Crippen molar-refractivity contribution in [2.45, 2.75) is 310 Å². The highest BCUT2D eigenvalue weighted by atomic mass is 79.9. The maximum Gasteiger partial charge on any atom is 0.259 e. The molecule has 0 aliphatic carbocycles. The highest BCUT2D eigenvalue weighted by molar-refractivity contribution is 9.10. The lowest BCUT2D eigenvalue weighted by Gasteiger charge is -2.25. The van der Waals surface area contributed by atoms with E-state index in [9.17, 15) is 0 Å². The van der Waals surface area contributed by atoms with Gasteiger partial charge in [-0.15, -0.1) is 0 Å². The summed E-state index contributed by atoms with van der Waals surface area (Å²) in [6, 6.07) is 12.6. The van der Waals surface area contributed by atoms with Gasteiger partial charge in [-0.3, -0.25) is 9.59 Å². The number of anilines is 2. The molecule has 2 amide bonds. The molecular weight excluding hydrogens is 1040 g/mol. The van der Waals surface area contributed by atoms with Crippen LogP contribution in [0.4, 0.5) is 11.4 Å². The molecule has 0 bridgehead atoms. The summed E-state index contributed by atoms with van der Waals surface area (Å²) in [4.78, 5) is 34.9. The Kier molecular flexibility index (Phi) is 35.9. The average molecular weight is 1150 g/mol. The van der Waals surface area contributed by atoms with Gasteiger partial charge in [-0.05, 0) is 61.8 Å². The molecule has 6 heteroatoms. The molecule has 74 heavy (non-hydrogen) atoms. The fourth-order valence-electron chi connectivity index (χ4n) is 12.3. The number of hydrogen-bond donors (Lipinski definition) is 0. The van der Waals surface area contributed by atoms with Crippen LogP contribution < -0.4 is 9.80 Å². The topological polar surface area (TPSA) is 40.6 Å². The minimum atomic E-state index is 0.0144. The van der Waals surface area contributed by atoms with Gasteiger partial charge in [0.1, 0.15) is 0 Å². The smallest absolute Gasteiger partial charge is 0.259 e. The largest absolute Gasteiger partial charge is 0.307 e. The quantitative estimate of drug-likeness (QED) is 0.0489. The second-order valence-electron chi connectivity index (χ2n) is 23.5. The molecule has 0 radical (unpaired) electrons. The third-order valence-corrected chi connectivity index (χ3v) is 17.9. The van der Waals surface area contributed by atoms with E-state index in [2.05, 4.69) is 106 Å². The van der Waals surface area contributed by atoms with Gasteiger partial charge in [-0.25, -0.2) is 0 Å². The molecule has 0 saturated heterocycles. The summed E-state index contributed by atoms with van der Waals surface area (Å²) >= 11 is 7.61. The van der Waals surface area contributed by atoms with Crippen molar-refractivity contribution in [1.82, 2.24) is 0 Å². The van der Waals surface area contributed by atoms with Crippen LogP contribution in [0, 0.1) is 11.8 Å². The van der Waals surface area contributed by atoms with Crippen LogP contribution in [-0.4, -0.2) is 24.9 Å². The SMILES string of the molecule is CCCCCCCCCCCCC(CCCCCCCCCCCC)CN1C(=O)/C(=C2\C(=O)N(CC(CCCCCCCCCCCC)CCCCCCCCCCCC)c3cc(Br)ccc32)c2ccc(Br)cc21. The first-order chi connectivity index (χ1) is 36.3.